The number of hydrogen-bond donors (Lipinski definition) is 1. The topological polar surface area (TPSA) is 72.2 Å². The Hall–Kier alpha value is -1.65. The van der Waals surface area contributed by atoms with Crippen LogP contribution in [-0.2, 0) is 11.3 Å². The van der Waals surface area contributed by atoms with E-state index in [9.17, 15) is 9.59 Å². The average molecular weight is 222 g/mol. The maximum atomic E-state index is 11.4. The molecular weight excluding hydrogens is 208 g/mol. The van der Waals surface area contributed by atoms with Crippen molar-refractivity contribution in [1.29, 1.82) is 0 Å². The van der Waals surface area contributed by atoms with Gasteiger partial charge in [-0.3, -0.25) is 9.36 Å². The molecular formula is C11H14N2O3. The largest absolute Gasteiger partial charge is 0.481 e. The number of carbonyl (C=O) groups is 1. The van der Waals surface area contributed by atoms with Crippen molar-refractivity contribution in [1.82, 2.24) is 9.55 Å². The molecule has 0 saturated heterocycles. The van der Waals surface area contributed by atoms with Crippen molar-refractivity contribution < 1.29 is 9.90 Å². The van der Waals surface area contributed by atoms with Crippen LogP contribution >= 0.6 is 0 Å². The maximum absolute atomic E-state index is 11.4. The zero-order valence-corrected chi connectivity index (χ0v) is 8.87. The van der Waals surface area contributed by atoms with Gasteiger partial charge < -0.3 is 5.11 Å². The molecule has 0 aliphatic heterocycles. The Labute approximate surface area is 92.7 Å². The van der Waals surface area contributed by atoms with Gasteiger partial charge in [-0.05, 0) is 31.2 Å². The highest BCUT2D eigenvalue weighted by molar-refractivity contribution is 5.70. The van der Waals surface area contributed by atoms with Crippen LogP contribution in [0.5, 0.6) is 0 Å². The van der Waals surface area contributed by atoms with E-state index < -0.39 is 5.97 Å². The van der Waals surface area contributed by atoms with E-state index in [0.29, 0.717) is 13.0 Å². The molecule has 1 N–H and O–H groups in total. The summed E-state index contributed by atoms with van der Waals surface area (Å²) in [5.74, 6) is -0.679. The minimum Gasteiger partial charge on any atom is -0.481 e. The van der Waals surface area contributed by atoms with Gasteiger partial charge in [-0.15, -0.1) is 0 Å². The first-order chi connectivity index (χ1) is 7.66. The molecule has 2 rings (SSSR count). The van der Waals surface area contributed by atoms with E-state index in [2.05, 4.69) is 4.98 Å². The molecule has 2 unspecified atom stereocenters. The molecule has 2 atom stereocenters. The van der Waals surface area contributed by atoms with Gasteiger partial charge in [-0.1, -0.05) is 0 Å². The van der Waals surface area contributed by atoms with Gasteiger partial charge in [0.2, 0.25) is 0 Å². The molecule has 5 nitrogen and oxygen atoms in total. The minimum absolute atomic E-state index is 0.239. The second kappa shape index (κ2) is 4.47. The molecule has 1 aliphatic rings. The summed E-state index contributed by atoms with van der Waals surface area (Å²) in [6.45, 7) is 0.580. The first-order valence-corrected chi connectivity index (χ1v) is 5.41. The Kier molecular flexibility index (Phi) is 3.03. The number of carboxylic acids is 1. The Bertz CT molecular complexity index is 441. The SMILES string of the molecule is O=C(O)C1CCC(Cn2cccnc2=O)C1. The molecule has 16 heavy (non-hydrogen) atoms. The lowest BCUT2D eigenvalue weighted by atomic mass is 10.1. The molecule has 0 aromatic carbocycles. The summed E-state index contributed by atoms with van der Waals surface area (Å²) in [6, 6.07) is 1.71. The van der Waals surface area contributed by atoms with Crippen LogP contribution < -0.4 is 5.69 Å². The number of hydrogen-bond acceptors (Lipinski definition) is 3. The van der Waals surface area contributed by atoms with E-state index in [-0.39, 0.29) is 17.5 Å². The summed E-state index contributed by atoms with van der Waals surface area (Å²) >= 11 is 0. The summed E-state index contributed by atoms with van der Waals surface area (Å²) in [6.07, 6.45) is 5.42. The minimum atomic E-state index is -0.721. The lowest BCUT2D eigenvalue weighted by Crippen LogP contribution is -2.24. The van der Waals surface area contributed by atoms with Gasteiger partial charge >= 0.3 is 11.7 Å². The Balaban J connectivity index is 2.00. The molecule has 1 aromatic heterocycles. The summed E-state index contributed by atoms with van der Waals surface area (Å²) in [5.41, 5.74) is -0.263. The van der Waals surface area contributed by atoms with Crippen molar-refractivity contribution >= 4 is 5.97 Å². The van der Waals surface area contributed by atoms with Gasteiger partial charge in [-0.2, -0.15) is 0 Å². The lowest BCUT2D eigenvalue weighted by Gasteiger charge is -2.10. The van der Waals surface area contributed by atoms with Crippen LogP contribution in [0.2, 0.25) is 0 Å². The molecule has 5 heteroatoms. The molecule has 86 valence electrons. The zero-order chi connectivity index (χ0) is 11.5. The fourth-order valence-corrected chi connectivity index (χ4v) is 2.27. The number of aromatic nitrogens is 2. The van der Waals surface area contributed by atoms with E-state index in [1.54, 1.807) is 16.8 Å². The molecule has 1 heterocycles. The van der Waals surface area contributed by atoms with Gasteiger partial charge in [0, 0.05) is 18.9 Å². The monoisotopic (exact) mass is 222 g/mol. The van der Waals surface area contributed by atoms with Gasteiger partial charge in [0.05, 0.1) is 5.92 Å². The van der Waals surface area contributed by atoms with E-state index in [0.717, 1.165) is 12.8 Å². The van der Waals surface area contributed by atoms with Crippen LogP contribution in [-0.4, -0.2) is 20.6 Å². The lowest BCUT2D eigenvalue weighted by molar-refractivity contribution is -0.141. The van der Waals surface area contributed by atoms with Crippen molar-refractivity contribution in [2.24, 2.45) is 11.8 Å². The van der Waals surface area contributed by atoms with Crippen molar-refractivity contribution in [2.75, 3.05) is 0 Å². The number of carboxylic acid groups (broad SMARTS) is 1. The second-order valence-electron chi connectivity index (χ2n) is 4.27. The normalized spacial score (nSPS) is 24.5. The van der Waals surface area contributed by atoms with Crippen molar-refractivity contribution in [3.05, 3.63) is 28.9 Å². The van der Waals surface area contributed by atoms with Gasteiger partial charge in [0.1, 0.15) is 0 Å². The summed E-state index contributed by atoms with van der Waals surface area (Å²) in [5, 5.41) is 8.87. The Morgan fingerprint density at radius 2 is 2.38 bits per heavy atom. The van der Waals surface area contributed by atoms with Crippen molar-refractivity contribution in [2.45, 2.75) is 25.8 Å². The first kappa shape index (κ1) is 10.9. The summed E-state index contributed by atoms with van der Waals surface area (Å²) in [4.78, 5) is 25.8. The summed E-state index contributed by atoms with van der Waals surface area (Å²) < 4.78 is 1.55. The fraction of sp³-hybridized carbons (Fsp3) is 0.545. The molecule has 1 aromatic rings. The van der Waals surface area contributed by atoms with Crippen LogP contribution in [0.3, 0.4) is 0 Å². The first-order valence-electron chi connectivity index (χ1n) is 5.41. The highest BCUT2D eigenvalue weighted by Crippen LogP contribution is 2.31. The highest BCUT2D eigenvalue weighted by Gasteiger charge is 2.29. The van der Waals surface area contributed by atoms with Crippen LogP contribution in [0.25, 0.3) is 0 Å². The third-order valence-corrected chi connectivity index (χ3v) is 3.13. The molecule has 0 radical (unpaired) electrons. The van der Waals surface area contributed by atoms with Crippen LogP contribution in [0.1, 0.15) is 19.3 Å². The zero-order valence-electron chi connectivity index (χ0n) is 8.87. The quantitative estimate of drug-likeness (QED) is 0.818. The smallest absolute Gasteiger partial charge is 0.347 e. The third-order valence-electron chi connectivity index (χ3n) is 3.13. The van der Waals surface area contributed by atoms with E-state index in [4.69, 9.17) is 5.11 Å². The molecule has 1 fully saturated rings. The highest BCUT2D eigenvalue weighted by atomic mass is 16.4. The van der Waals surface area contributed by atoms with Gasteiger partial charge in [0.15, 0.2) is 0 Å². The number of aliphatic carboxylic acids is 1. The standard InChI is InChI=1S/C11H14N2O3/c14-10(15)9-3-2-8(6-9)7-13-5-1-4-12-11(13)16/h1,4-5,8-9H,2-3,6-7H2,(H,14,15). The van der Waals surface area contributed by atoms with Crippen LogP contribution in [0.15, 0.2) is 23.3 Å². The number of rotatable bonds is 3. The van der Waals surface area contributed by atoms with Crippen LogP contribution in [0, 0.1) is 11.8 Å². The molecule has 0 amide bonds. The third kappa shape index (κ3) is 2.29. The van der Waals surface area contributed by atoms with E-state index in [1.165, 1.54) is 6.20 Å². The molecule has 1 saturated carbocycles. The van der Waals surface area contributed by atoms with Gasteiger partial charge in [0.25, 0.3) is 0 Å². The predicted octanol–water partition coefficient (Wildman–Crippen LogP) is 0.744. The predicted molar refractivity (Wildman–Crippen MR) is 57.0 cm³/mol. The number of nitrogens with zero attached hydrogens (tertiary/aromatic N) is 2. The second-order valence-corrected chi connectivity index (χ2v) is 4.27. The van der Waals surface area contributed by atoms with E-state index >= 15 is 0 Å². The fourth-order valence-electron chi connectivity index (χ4n) is 2.27. The Morgan fingerprint density at radius 1 is 1.56 bits per heavy atom. The maximum Gasteiger partial charge on any atom is 0.347 e. The van der Waals surface area contributed by atoms with Crippen LogP contribution in [0.4, 0.5) is 0 Å². The Morgan fingerprint density at radius 3 is 3.00 bits per heavy atom. The molecule has 0 bridgehead atoms. The average Bonchev–Trinajstić information content (AvgIpc) is 2.70. The van der Waals surface area contributed by atoms with Gasteiger partial charge in [-0.25, -0.2) is 9.78 Å². The van der Waals surface area contributed by atoms with E-state index in [1.807, 2.05) is 0 Å². The van der Waals surface area contributed by atoms with Crippen molar-refractivity contribution in [3.63, 3.8) is 0 Å². The molecule has 1 aliphatic carbocycles. The summed E-state index contributed by atoms with van der Waals surface area (Å²) in [7, 11) is 0. The molecule has 0 spiro atoms. The van der Waals surface area contributed by atoms with Crippen molar-refractivity contribution in [3.8, 4) is 0 Å².